The summed E-state index contributed by atoms with van der Waals surface area (Å²) in [4.78, 5) is 32.9. The lowest BCUT2D eigenvalue weighted by molar-refractivity contribution is -0.132. The molecule has 0 radical (unpaired) electrons. The highest BCUT2D eigenvalue weighted by atomic mass is 32.1. The van der Waals surface area contributed by atoms with E-state index in [2.05, 4.69) is 34.3 Å². The lowest BCUT2D eigenvalue weighted by atomic mass is 9.97. The van der Waals surface area contributed by atoms with Gasteiger partial charge < -0.3 is 4.90 Å². The number of benzene rings is 1. The van der Waals surface area contributed by atoms with Crippen molar-refractivity contribution in [2.75, 3.05) is 6.54 Å². The van der Waals surface area contributed by atoms with Crippen molar-refractivity contribution in [3.8, 4) is 0 Å². The van der Waals surface area contributed by atoms with E-state index in [0.29, 0.717) is 17.3 Å². The van der Waals surface area contributed by atoms with Crippen molar-refractivity contribution in [2.24, 2.45) is 0 Å². The first kappa shape index (κ1) is 19.4. The second-order valence-electron chi connectivity index (χ2n) is 8.69. The molecule has 156 valence electrons. The van der Waals surface area contributed by atoms with Crippen LogP contribution in [0.3, 0.4) is 0 Å². The first-order valence-corrected chi connectivity index (χ1v) is 11.6. The van der Waals surface area contributed by atoms with Gasteiger partial charge in [-0.3, -0.25) is 9.59 Å². The Morgan fingerprint density at radius 3 is 2.93 bits per heavy atom. The van der Waals surface area contributed by atoms with E-state index in [1.54, 1.807) is 6.07 Å². The summed E-state index contributed by atoms with van der Waals surface area (Å²) in [5.74, 6) is 0.692. The largest absolute Gasteiger partial charge is 0.333 e. The van der Waals surface area contributed by atoms with E-state index in [1.165, 1.54) is 27.0 Å². The van der Waals surface area contributed by atoms with Crippen LogP contribution in [0.5, 0.6) is 0 Å². The summed E-state index contributed by atoms with van der Waals surface area (Å²) in [7, 11) is 0. The van der Waals surface area contributed by atoms with Crippen LogP contribution in [0, 0.1) is 0 Å². The van der Waals surface area contributed by atoms with Gasteiger partial charge in [0.25, 0.3) is 5.56 Å². The third-order valence-electron chi connectivity index (χ3n) is 6.41. The van der Waals surface area contributed by atoms with Crippen molar-refractivity contribution < 1.29 is 4.79 Å². The molecule has 2 atom stereocenters. The van der Waals surface area contributed by atoms with Gasteiger partial charge in [-0.25, -0.2) is 4.98 Å². The molecule has 1 saturated heterocycles. The lowest BCUT2D eigenvalue weighted by Gasteiger charge is -2.24. The predicted octanol–water partition coefficient (Wildman–Crippen LogP) is 4.06. The van der Waals surface area contributed by atoms with Gasteiger partial charge in [0.1, 0.15) is 5.01 Å². The topological polar surface area (TPSA) is 67.6 Å². The molecule has 0 saturated carbocycles. The van der Waals surface area contributed by atoms with Crippen molar-refractivity contribution >= 4 is 22.2 Å². The summed E-state index contributed by atoms with van der Waals surface area (Å²) in [6.07, 6.45) is 4.50. The molecule has 1 fully saturated rings. The van der Waals surface area contributed by atoms with Crippen LogP contribution >= 0.6 is 11.3 Å². The maximum atomic E-state index is 13.2. The van der Waals surface area contributed by atoms with E-state index in [0.717, 1.165) is 42.9 Å². The van der Waals surface area contributed by atoms with Crippen molar-refractivity contribution in [1.29, 1.82) is 0 Å². The standard InChI is InChI=1S/C23H26N4O2S/c1-14(2)18-13-21(29)27-23(24-18)30-22(25-27)19-8-5-11-26(19)20(28)12-16-10-9-15-6-3-4-7-17(15)16/h3-4,6-7,13-14,16,19H,5,8-12H2,1-2H3/t16-,19+/m0/s1. The minimum absolute atomic E-state index is 0.0530. The number of hydrogen-bond acceptors (Lipinski definition) is 5. The molecule has 1 aliphatic heterocycles. The van der Waals surface area contributed by atoms with Gasteiger partial charge in [-0.05, 0) is 48.6 Å². The Bertz CT molecular complexity index is 1170. The minimum atomic E-state index is -0.148. The molecular weight excluding hydrogens is 396 g/mol. The molecule has 30 heavy (non-hydrogen) atoms. The molecule has 3 aromatic rings. The summed E-state index contributed by atoms with van der Waals surface area (Å²) in [5.41, 5.74) is 3.35. The zero-order valence-electron chi connectivity index (χ0n) is 17.4. The average molecular weight is 423 g/mol. The molecule has 0 unspecified atom stereocenters. The van der Waals surface area contributed by atoms with Crippen LogP contribution in [0.4, 0.5) is 0 Å². The SMILES string of the molecule is CC(C)c1cc(=O)n2nc([C@H]3CCCN3C(=O)C[C@@H]3CCc4ccccc43)sc2n1. The van der Waals surface area contributed by atoms with Crippen molar-refractivity contribution in [2.45, 2.75) is 63.8 Å². The fraction of sp³-hybridized carbons (Fsp3) is 0.478. The van der Waals surface area contributed by atoms with Crippen LogP contribution in [-0.4, -0.2) is 31.9 Å². The van der Waals surface area contributed by atoms with E-state index in [1.807, 2.05) is 18.7 Å². The summed E-state index contributed by atoms with van der Waals surface area (Å²) in [6.45, 7) is 4.81. The third kappa shape index (κ3) is 3.35. The number of rotatable bonds is 4. The van der Waals surface area contributed by atoms with Gasteiger partial charge in [-0.1, -0.05) is 49.4 Å². The Labute approximate surface area is 179 Å². The molecule has 7 heteroatoms. The number of aromatic nitrogens is 3. The maximum Gasteiger partial charge on any atom is 0.275 e. The quantitative estimate of drug-likeness (QED) is 0.636. The number of fused-ring (bicyclic) bond motifs is 2. The average Bonchev–Trinajstić information content (AvgIpc) is 3.45. The summed E-state index contributed by atoms with van der Waals surface area (Å²) in [5, 5.41) is 5.38. The maximum absolute atomic E-state index is 13.2. The molecule has 6 nitrogen and oxygen atoms in total. The summed E-state index contributed by atoms with van der Waals surface area (Å²) >= 11 is 1.44. The highest BCUT2D eigenvalue weighted by Crippen LogP contribution is 2.39. The van der Waals surface area contributed by atoms with Gasteiger partial charge in [0.05, 0.1) is 11.7 Å². The van der Waals surface area contributed by atoms with E-state index >= 15 is 0 Å². The monoisotopic (exact) mass is 422 g/mol. The molecule has 1 amide bonds. The molecule has 0 N–H and O–H groups in total. The van der Waals surface area contributed by atoms with Gasteiger partial charge in [0.15, 0.2) is 0 Å². The number of carbonyl (C=O) groups excluding carboxylic acids is 1. The number of aryl methyl sites for hydroxylation is 1. The fourth-order valence-corrected chi connectivity index (χ4v) is 5.84. The van der Waals surface area contributed by atoms with Crippen LogP contribution in [0.25, 0.3) is 4.96 Å². The Morgan fingerprint density at radius 1 is 1.27 bits per heavy atom. The Kier molecular flexibility index (Phi) is 4.93. The Morgan fingerprint density at radius 2 is 2.10 bits per heavy atom. The number of nitrogens with zero attached hydrogens (tertiary/aromatic N) is 4. The van der Waals surface area contributed by atoms with Crippen LogP contribution in [0.15, 0.2) is 35.1 Å². The third-order valence-corrected chi connectivity index (χ3v) is 7.42. The normalized spacial score (nSPS) is 21.0. The summed E-state index contributed by atoms with van der Waals surface area (Å²) in [6, 6.07) is 10.00. The van der Waals surface area contributed by atoms with Crippen LogP contribution in [-0.2, 0) is 11.2 Å². The smallest absolute Gasteiger partial charge is 0.275 e. The zero-order chi connectivity index (χ0) is 20.8. The second kappa shape index (κ2) is 7.61. The fourth-order valence-electron chi connectivity index (χ4n) is 4.78. The zero-order valence-corrected chi connectivity index (χ0v) is 18.2. The predicted molar refractivity (Wildman–Crippen MR) is 117 cm³/mol. The number of amides is 1. The highest BCUT2D eigenvalue weighted by molar-refractivity contribution is 7.16. The first-order chi connectivity index (χ1) is 14.5. The van der Waals surface area contributed by atoms with Crippen molar-refractivity contribution in [3.05, 3.63) is 62.5 Å². The number of likely N-dealkylation sites (tertiary alicyclic amines) is 1. The van der Waals surface area contributed by atoms with E-state index < -0.39 is 0 Å². The first-order valence-electron chi connectivity index (χ1n) is 10.8. The van der Waals surface area contributed by atoms with Gasteiger partial charge in [0.2, 0.25) is 10.9 Å². The number of hydrogen-bond donors (Lipinski definition) is 0. The molecule has 2 aliphatic rings. The Hall–Kier alpha value is -2.54. The molecule has 1 aromatic carbocycles. The summed E-state index contributed by atoms with van der Waals surface area (Å²) < 4.78 is 1.39. The highest BCUT2D eigenvalue weighted by Gasteiger charge is 2.35. The van der Waals surface area contributed by atoms with Gasteiger partial charge in [0, 0.05) is 19.0 Å². The van der Waals surface area contributed by atoms with Crippen molar-refractivity contribution in [3.63, 3.8) is 0 Å². The van der Waals surface area contributed by atoms with E-state index in [4.69, 9.17) is 0 Å². The molecule has 0 bridgehead atoms. The minimum Gasteiger partial charge on any atom is -0.333 e. The Balaban J connectivity index is 1.39. The van der Waals surface area contributed by atoms with Gasteiger partial charge in [-0.2, -0.15) is 9.61 Å². The molecule has 1 aliphatic carbocycles. The molecule has 5 rings (SSSR count). The lowest BCUT2D eigenvalue weighted by Crippen LogP contribution is -2.31. The van der Waals surface area contributed by atoms with Gasteiger partial charge >= 0.3 is 0 Å². The molecule has 2 aromatic heterocycles. The van der Waals surface area contributed by atoms with Crippen LogP contribution < -0.4 is 5.56 Å². The number of carbonyl (C=O) groups is 1. The van der Waals surface area contributed by atoms with E-state index in [9.17, 15) is 9.59 Å². The van der Waals surface area contributed by atoms with Crippen LogP contribution in [0.1, 0.15) is 79.2 Å². The second-order valence-corrected chi connectivity index (χ2v) is 9.68. The molecule has 3 heterocycles. The van der Waals surface area contributed by atoms with Crippen LogP contribution in [0.2, 0.25) is 0 Å². The van der Waals surface area contributed by atoms with Crippen molar-refractivity contribution in [1.82, 2.24) is 19.5 Å². The molecule has 0 spiro atoms. The van der Waals surface area contributed by atoms with E-state index in [-0.39, 0.29) is 23.4 Å². The van der Waals surface area contributed by atoms with Gasteiger partial charge in [-0.15, -0.1) is 0 Å². The molecular formula is C23H26N4O2S.